The molecule has 0 aromatic heterocycles. The maximum Gasteiger partial charge on any atom is 0.372 e. The first-order chi connectivity index (χ1) is 23.1. The van der Waals surface area contributed by atoms with Gasteiger partial charge in [0.15, 0.2) is 52.4 Å². The van der Waals surface area contributed by atoms with Gasteiger partial charge in [-0.3, -0.25) is 0 Å². The van der Waals surface area contributed by atoms with Crippen LogP contribution in [0.3, 0.4) is 0 Å². The molecule has 0 aliphatic carbocycles. The second-order valence-corrected chi connectivity index (χ2v) is 10.5. The highest BCUT2D eigenvalue weighted by Crippen LogP contribution is 2.29. The Balaban J connectivity index is 2.26. The summed E-state index contributed by atoms with van der Waals surface area (Å²) in [6.45, 7) is -1.24. The number of hydrogen-bond donors (Lipinski definition) is 0. The summed E-state index contributed by atoms with van der Waals surface area (Å²) in [5.74, 6) is -45.9. The van der Waals surface area contributed by atoms with E-state index in [1.54, 1.807) is 0 Å². The maximum absolute atomic E-state index is 16.0. The molecule has 0 heterocycles. The van der Waals surface area contributed by atoms with Crippen LogP contribution in [0.5, 0.6) is 0 Å². The van der Waals surface area contributed by atoms with Crippen LogP contribution in [0.4, 0.5) is 65.9 Å². The van der Waals surface area contributed by atoms with Gasteiger partial charge in [0, 0.05) is 11.1 Å². The van der Waals surface area contributed by atoms with E-state index < -0.39 is 116 Å². The average Bonchev–Trinajstić information content (AvgIpc) is 3.10. The number of nitrogens with zero attached hydrogens (tertiary/aromatic N) is 1. The molecule has 5 rings (SSSR count). The summed E-state index contributed by atoms with van der Waals surface area (Å²) < 4.78 is 229. The Hall–Kier alpha value is -5.22. The quantitative estimate of drug-likeness (QED) is 0.0560. The van der Waals surface area contributed by atoms with E-state index in [9.17, 15) is 39.5 Å². The van der Waals surface area contributed by atoms with Gasteiger partial charge < -0.3 is 4.49 Å². The van der Waals surface area contributed by atoms with Crippen molar-refractivity contribution in [3.63, 3.8) is 0 Å². The van der Waals surface area contributed by atoms with Gasteiger partial charge in [-0.2, -0.15) is 0 Å². The van der Waals surface area contributed by atoms with E-state index >= 15 is 26.3 Å². The molecule has 0 radical (unpaired) electrons. The average molecular weight is 707 g/mol. The Morgan fingerprint density at radius 1 is 0.367 bits per heavy atom. The van der Waals surface area contributed by atoms with E-state index in [1.165, 1.54) is 36.4 Å². The molecule has 1 nitrogen and oxygen atoms in total. The van der Waals surface area contributed by atoms with Gasteiger partial charge in [-0.05, 0) is 28.5 Å². The summed E-state index contributed by atoms with van der Waals surface area (Å²) in [7, 11) is 0. The van der Waals surface area contributed by atoms with E-state index in [-0.39, 0.29) is 15.6 Å². The molecule has 5 aromatic rings. The number of rotatable bonds is 7. The van der Waals surface area contributed by atoms with Gasteiger partial charge in [-0.15, -0.1) is 0 Å². The summed E-state index contributed by atoms with van der Waals surface area (Å²) in [4.78, 5) is 0. The molecule has 0 aliphatic heterocycles. The van der Waals surface area contributed by atoms with Crippen molar-refractivity contribution < 1.29 is 70.3 Å². The Kier molecular flexibility index (Phi) is 9.32. The minimum Gasteiger partial charge on any atom is -0.441 e. The Bertz CT molecular complexity index is 1900. The molecule has 0 saturated carbocycles. The van der Waals surface area contributed by atoms with Crippen molar-refractivity contribution in [3.8, 4) is 0 Å². The zero-order valence-electron chi connectivity index (χ0n) is 23.8. The van der Waals surface area contributed by atoms with Crippen LogP contribution in [-0.2, 0) is 6.54 Å². The van der Waals surface area contributed by atoms with Gasteiger partial charge in [0.1, 0.15) is 47.7 Å². The Morgan fingerprint density at radius 2 is 0.633 bits per heavy atom. The van der Waals surface area contributed by atoms with Crippen molar-refractivity contribution in [1.29, 1.82) is 0 Å². The van der Waals surface area contributed by atoms with Crippen molar-refractivity contribution in [2.75, 3.05) is 0 Å². The molecule has 0 bridgehead atoms. The van der Waals surface area contributed by atoms with Crippen molar-refractivity contribution in [3.05, 3.63) is 159 Å². The largest absolute Gasteiger partial charge is 0.441 e. The first-order valence-corrected chi connectivity index (χ1v) is 13.5. The predicted molar refractivity (Wildman–Crippen MR) is 145 cm³/mol. The van der Waals surface area contributed by atoms with Gasteiger partial charge >= 0.3 is 6.28 Å². The third-order valence-corrected chi connectivity index (χ3v) is 7.80. The molecule has 0 unspecified atom stereocenters. The van der Waals surface area contributed by atoms with Crippen LogP contribution in [0.1, 0.15) is 11.1 Å². The summed E-state index contributed by atoms with van der Waals surface area (Å²) in [5, 5.41) is 0. The van der Waals surface area contributed by atoms with Crippen LogP contribution >= 0.6 is 0 Å². The molecule has 0 saturated heterocycles. The smallest absolute Gasteiger partial charge is 0.372 e. The van der Waals surface area contributed by atoms with E-state index in [2.05, 4.69) is 0 Å². The lowest BCUT2D eigenvalue weighted by molar-refractivity contribution is -0.405. The fourth-order valence-corrected chi connectivity index (χ4v) is 5.72. The lowest BCUT2D eigenvalue weighted by Crippen LogP contribution is -2.79. The van der Waals surface area contributed by atoms with Crippen LogP contribution in [0, 0.1) is 87.3 Å². The fraction of sp³-hybridized carbons (Fsp3) is 0.0312. The van der Waals surface area contributed by atoms with Gasteiger partial charge in [-0.1, -0.05) is 48.5 Å². The second kappa shape index (κ2) is 13.0. The lowest BCUT2D eigenvalue weighted by Gasteiger charge is -2.40. The van der Waals surface area contributed by atoms with Crippen molar-refractivity contribution in [2.45, 2.75) is 6.54 Å². The summed E-state index contributed by atoms with van der Waals surface area (Å²) >= 11 is 0. The first kappa shape index (κ1) is 35.1. The highest BCUT2D eigenvalue weighted by molar-refractivity contribution is 7.06. The fourth-order valence-electron chi connectivity index (χ4n) is 5.72. The topological polar surface area (TPSA) is 3.01 Å². The number of halogens is 15. The Morgan fingerprint density at radius 3 is 0.939 bits per heavy atom. The monoisotopic (exact) mass is 707 g/mol. The Labute approximate surface area is 265 Å². The molecule has 0 fully saturated rings. The van der Waals surface area contributed by atoms with Crippen LogP contribution < -0.4 is 16.4 Å². The molecule has 0 spiro atoms. The predicted octanol–water partition coefficient (Wildman–Crippen LogP) is 7.07. The number of benzene rings is 5. The highest BCUT2D eigenvalue weighted by Gasteiger charge is 2.57. The molecule has 17 heteroatoms. The van der Waals surface area contributed by atoms with Crippen molar-refractivity contribution >= 4 is 28.9 Å². The van der Waals surface area contributed by atoms with Crippen LogP contribution in [0.15, 0.2) is 60.7 Å². The number of hydrogen-bond acceptors (Lipinski definition) is 0. The van der Waals surface area contributed by atoms with Gasteiger partial charge in [0.2, 0.25) is 0 Å². The third kappa shape index (κ3) is 5.40. The zero-order valence-corrected chi connectivity index (χ0v) is 23.8. The third-order valence-electron chi connectivity index (χ3n) is 7.80. The molecular formula is C32H13BF15N. The molecular weight excluding hydrogens is 694 g/mol. The van der Waals surface area contributed by atoms with Crippen LogP contribution in [0.25, 0.3) is 0 Å². The normalized spacial score (nSPS) is 12.2. The summed E-state index contributed by atoms with van der Waals surface area (Å²) in [6, 6.07) is 12.0. The van der Waals surface area contributed by atoms with E-state index in [4.69, 9.17) is 0 Å². The first-order valence-electron chi connectivity index (χ1n) is 13.5. The molecule has 0 N–H and O–H groups in total. The summed E-state index contributed by atoms with van der Waals surface area (Å²) in [6.07, 6.45) is -5.50. The van der Waals surface area contributed by atoms with E-state index in [0.29, 0.717) is 6.21 Å². The van der Waals surface area contributed by atoms with E-state index in [0.717, 1.165) is 24.3 Å². The van der Waals surface area contributed by atoms with E-state index in [1.807, 2.05) is 0 Å². The molecule has 49 heavy (non-hydrogen) atoms. The van der Waals surface area contributed by atoms with Gasteiger partial charge in [0.25, 0.3) is 0 Å². The summed E-state index contributed by atoms with van der Waals surface area (Å²) in [5.41, 5.74) is -8.67. The molecule has 5 aromatic carbocycles. The lowest BCUT2D eigenvalue weighted by atomic mass is 9.22. The molecule has 254 valence electrons. The molecule has 0 aliphatic rings. The van der Waals surface area contributed by atoms with Gasteiger partial charge in [0.05, 0.1) is 0 Å². The second-order valence-electron chi connectivity index (χ2n) is 10.5. The zero-order chi connectivity index (χ0) is 36.1. The SMILES string of the molecule is Fc1c(F)c(F)c([B-](c2c(F)c(F)c(F)c(F)c2F)(c2c(F)c(F)c(F)c(F)c2F)/[N+](=C/c2ccccc2)Cc2ccccc2)c(F)c1F. The minimum absolute atomic E-state index is 0.0144. The molecule has 0 atom stereocenters. The highest BCUT2D eigenvalue weighted by atomic mass is 19.2. The minimum atomic E-state index is -5.97. The van der Waals surface area contributed by atoms with Crippen molar-refractivity contribution in [1.82, 2.24) is 0 Å². The maximum atomic E-state index is 16.0. The van der Waals surface area contributed by atoms with Crippen molar-refractivity contribution in [2.24, 2.45) is 0 Å². The van der Waals surface area contributed by atoms with Crippen LogP contribution in [0.2, 0.25) is 0 Å². The standard InChI is InChI=1S/C32H13BF15N/c34-18-15(19(35)25(41)30(46)24(18)40)33(16-20(36)26(42)31(47)27(43)21(16)37,17-22(38)28(44)32(48)29(45)23(17)39)49(11-13-7-3-1-4-8-13)12-14-9-5-2-6-10-14/h1-11H,12H2/b49-11+. The van der Waals surface area contributed by atoms with Gasteiger partial charge in [-0.25, -0.2) is 65.9 Å². The molecule has 0 amide bonds. The van der Waals surface area contributed by atoms with Crippen LogP contribution in [-0.4, -0.2) is 17.0 Å².